The maximum absolute atomic E-state index is 12.5. The molecule has 1 aromatic heterocycles. The van der Waals surface area contributed by atoms with Crippen molar-refractivity contribution in [2.24, 2.45) is 5.92 Å². The number of anilines is 2. The summed E-state index contributed by atoms with van der Waals surface area (Å²) in [6.07, 6.45) is 1.89. The second kappa shape index (κ2) is 7.75. The Labute approximate surface area is 165 Å². The molecule has 3 aromatic rings. The molecule has 1 heterocycles. The molecule has 1 aliphatic rings. The van der Waals surface area contributed by atoms with E-state index in [2.05, 4.69) is 15.7 Å². The number of rotatable bonds is 6. The molecule has 1 fully saturated rings. The molecule has 0 bridgehead atoms. The lowest BCUT2D eigenvalue weighted by atomic mass is 10.2. The average molecular weight is 392 g/mol. The Balaban J connectivity index is 1.37. The molecule has 0 spiro atoms. The number of aromatic nitrogens is 2. The Bertz CT molecular complexity index is 1190. The quantitative estimate of drug-likeness (QED) is 0.596. The minimum atomic E-state index is -0.371. The third kappa shape index (κ3) is 4.26. The van der Waals surface area contributed by atoms with Crippen LogP contribution in [0.4, 0.5) is 11.4 Å². The van der Waals surface area contributed by atoms with Crippen LogP contribution in [0.25, 0.3) is 10.8 Å². The molecule has 0 atom stereocenters. The molecule has 0 saturated heterocycles. The summed E-state index contributed by atoms with van der Waals surface area (Å²) in [5, 5.41) is 8.73. The van der Waals surface area contributed by atoms with Crippen LogP contribution in [0.1, 0.15) is 19.3 Å². The van der Waals surface area contributed by atoms with E-state index in [-0.39, 0.29) is 41.8 Å². The van der Waals surface area contributed by atoms with Gasteiger partial charge in [-0.15, -0.1) is 0 Å². The summed E-state index contributed by atoms with van der Waals surface area (Å²) in [7, 11) is 0. The zero-order valence-electron chi connectivity index (χ0n) is 15.6. The summed E-state index contributed by atoms with van der Waals surface area (Å²) in [4.78, 5) is 48.5. The van der Waals surface area contributed by atoms with E-state index in [1.807, 2.05) is 0 Å². The van der Waals surface area contributed by atoms with Gasteiger partial charge in [-0.3, -0.25) is 24.3 Å². The smallest absolute Gasteiger partial charge is 0.273 e. The first-order chi connectivity index (χ1) is 14.0. The van der Waals surface area contributed by atoms with E-state index in [0.717, 1.165) is 17.5 Å². The van der Waals surface area contributed by atoms with Gasteiger partial charge in [0.2, 0.25) is 11.8 Å². The molecule has 8 nitrogen and oxygen atoms in total. The molecule has 0 aliphatic heterocycles. The van der Waals surface area contributed by atoms with Crippen molar-refractivity contribution in [3.63, 3.8) is 0 Å². The van der Waals surface area contributed by atoms with Crippen LogP contribution in [0.2, 0.25) is 0 Å². The van der Waals surface area contributed by atoms with E-state index in [1.165, 1.54) is 0 Å². The number of aryl methyl sites for hydroxylation is 1. The standard InChI is InChI=1S/C21H20N4O4/c26-18(22-14-7-9-15(10-8-14)23-19(27)13-5-6-13)11-12-25-21(29)17-4-2-1-3-16(17)20(28)24-25/h1-4,7-10,13H,5-6,11-12H2,(H,22,26)(H,23,27)(H,24,28). The molecule has 0 unspecified atom stereocenters. The predicted octanol–water partition coefficient (Wildman–Crippen LogP) is 2.07. The van der Waals surface area contributed by atoms with Gasteiger partial charge in [0.05, 0.1) is 17.3 Å². The molecule has 8 heteroatoms. The number of H-pyrrole nitrogens is 1. The van der Waals surface area contributed by atoms with Crippen molar-refractivity contribution in [2.75, 3.05) is 10.6 Å². The third-order valence-electron chi connectivity index (χ3n) is 4.83. The number of carbonyl (C=O) groups excluding carboxylic acids is 2. The summed E-state index contributed by atoms with van der Waals surface area (Å²) < 4.78 is 1.15. The van der Waals surface area contributed by atoms with Crippen LogP contribution in [0.3, 0.4) is 0 Å². The lowest BCUT2D eigenvalue weighted by Crippen LogP contribution is -2.31. The number of hydrogen-bond acceptors (Lipinski definition) is 4. The van der Waals surface area contributed by atoms with Gasteiger partial charge in [0.25, 0.3) is 11.1 Å². The van der Waals surface area contributed by atoms with E-state index < -0.39 is 0 Å². The molecule has 3 N–H and O–H groups in total. The largest absolute Gasteiger partial charge is 0.326 e. The summed E-state index contributed by atoms with van der Waals surface area (Å²) in [5.74, 6) is -0.142. The van der Waals surface area contributed by atoms with Gasteiger partial charge < -0.3 is 10.6 Å². The fourth-order valence-corrected chi connectivity index (χ4v) is 3.07. The number of amides is 2. The van der Waals surface area contributed by atoms with Gasteiger partial charge in [0.1, 0.15) is 0 Å². The fraction of sp³-hybridized carbons (Fsp3) is 0.238. The van der Waals surface area contributed by atoms with Crippen molar-refractivity contribution < 1.29 is 9.59 Å². The number of nitrogens with zero attached hydrogens (tertiary/aromatic N) is 1. The number of benzene rings is 2. The Kier molecular flexibility index (Phi) is 4.99. The topological polar surface area (TPSA) is 113 Å². The minimum Gasteiger partial charge on any atom is -0.326 e. The molecule has 2 amide bonds. The zero-order valence-corrected chi connectivity index (χ0v) is 15.6. The number of hydrogen-bond donors (Lipinski definition) is 3. The second-order valence-electron chi connectivity index (χ2n) is 7.08. The molecule has 1 aliphatic carbocycles. The number of nitrogens with one attached hydrogen (secondary N) is 3. The van der Waals surface area contributed by atoms with E-state index in [4.69, 9.17) is 0 Å². The predicted molar refractivity (Wildman–Crippen MR) is 110 cm³/mol. The van der Waals surface area contributed by atoms with Gasteiger partial charge in [-0.25, -0.2) is 4.68 Å². The van der Waals surface area contributed by atoms with Crippen molar-refractivity contribution >= 4 is 34.0 Å². The normalized spacial score (nSPS) is 13.2. The number of aromatic amines is 1. The van der Waals surface area contributed by atoms with Crippen LogP contribution < -0.4 is 21.8 Å². The monoisotopic (exact) mass is 392 g/mol. The summed E-state index contributed by atoms with van der Waals surface area (Å²) in [6.45, 7) is 0.0558. The summed E-state index contributed by atoms with van der Waals surface area (Å²) in [6, 6.07) is 13.4. The summed E-state index contributed by atoms with van der Waals surface area (Å²) >= 11 is 0. The molecule has 2 aromatic carbocycles. The van der Waals surface area contributed by atoms with Crippen LogP contribution >= 0.6 is 0 Å². The SMILES string of the molecule is O=C(CCn1[nH]c(=O)c2ccccc2c1=O)Nc1ccc(NC(=O)C2CC2)cc1. The molecule has 29 heavy (non-hydrogen) atoms. The van der Waals surface area contributed by atoms with Crippen molar-refractivity contribution in [2.45, 2.75) is 25.8 Å². The van der Waals surface area contributed by atoms with Gasteiger partial charge in [0.15, 0.2) is 0 Å². The molecule has 4 rings (SSSR count). The highest BCUT2D eigenvalue weighted by atomic mass is 16.2. The van der Waals surface area contributed by atoms with Gasteiger partial charge in [0, 0.05) is 23.7 Å². The van der Waals surface area contributed by atoms with Gasteiger partial charge in [-0.1, -0.05) is 12.1 Å². The maximum atomic E-state index is 12.5. The third-order valence-corrected chi connectivity index (χ3v) is 4.83. The Morgan fingerprint density at radius 3 is 2.21 bits per heavy atom. The maximum Gasteiger partial charge on any atom is 0.273 e. The van der Waals surface area contributed by atoms with E-state index >= 15 is 0 Å². The van der Waals surface area contributed by atoms with Crippen LogP contribution in [-0.2, 0) is 16.1 Å². The van der Waals surface area contributed by atoms with Crippen LogP contribution in [0.15, 0.2) is 58.1 Å². The van der Waals surface area contributed by atoms with E-state index in [9.17, 15) is 19.2 Å². The van der Waals surface area contributed by atoms with Gasteiger partial charge >= 0.3 is 0 Å². The Hall–Kier alpha value is -3.68. The number of carbonyl (C=O) groups is 2. The zero-order chi connectivity index (χ0) is 20.4. The van der Waals surface area contributed by atoms with Crippen molar-refractivity contribution in [1.82, 2.24) is 9.78 Å². The molecule has 148 valence electrons. The highest BCUT2D eigenvalue weighted by Gasteiger charge is 2.29. The molecular formula is C21H20N4O4. The highest BCUT2D eigenvalue weighted by molar-refractivity contribution is 5.95. The first-order valence-electron chi connectivity index (χ1n) is 9.44. The van der Waals surface area contributed by atoms with E-state index in [1.54, 1.807) is 48.5 Å². The van der Waals surface area contributed by atoms with Crippen LogP contribution in [-0.4, -0.2) is 21.6 Å². The van der Waals surface area contributed by atoms with Crippen molar-refractivity contribution in [3.05, 3.63) is 69.2 Å². The lowest BCUT2D eigenvalue weighted by Gasteiger charge is -2.09. The highest BCUT2D eigenvalue weighted by Crippen LogP contribution is 2.30. The Morgan fingerprint density at radius 2 is 1.55 bits per heavy atom. The first-order valence-corrected chi connectivity index (χ1v) is 9.44. The molecular weight excluding hydrogens is 372 g/mol. The van der Waals surface area contributed by atoms with Crippen LogP contribution in [0, 0.1) is 5.92 Å². The van der Waals surface area contributed by atoms with Crippen molar-refractivity contribution in [1.29, 1.82) is 0 Å². The lowest BCUT2D eigenvalue weighted by molar-refractivity contribution is -0.117. The van der Waals surface area contributed by atoms with Crippen molar-refractivity contribution in [3.8, 4) is 0 Å². The number of fused-ring (bicyclic) bond motifs is 1. The fourth-order valence-electron chi connectivity index (χ4n) is 3.07. The molecule has 0 radical (unpaired) electrons. The van der Waals surface area contributed by atoms with E-state index in [0.29, 0.717) is 22.1 Å². The van der Waals surface area contributed by atoms with Crippen LogP contribution in [0.5, 0.6) is 0 Å². The second-order valence-corrected chi connectivity index (χ2v) is 7.08. The van der Waals surface area contributed by atoms with Gasteiger partial charge in [-0.2, -0.15) is 0 Å². The molecule has 1 saturated carbocycles. The summed E-state index contributed by atoms with van der Waals surface area (Å²) in [5.41, 5.74) is 0.548. The Morgan fingerprint density at radius 1 is 0.931 bits per heavy atom. The van der Waals surface area contributed by atoms with Gasteiger partial charge in [-0.05, 0) is 49.2 Å². The minimum absolute atomic E-state index is 0.0222. The average Bonchev–Trinajstić information content (AvgIpc) is 3.57. The first kappa shape index (κ1) is 18.7.